The van der Waals surface area contributed by atoms with Crippen LogP contribution in [-0.2, 0) is 11.8 Å². The smallest absolute Gasteiger partial charge is 0.238 e. The van der Waals surface area contributed by atoms with Gasteiger partial charge in [0.1, 0.15) is 0 Å². The highest BCUT2D eigenvalue weighted by molar-refractivity contribution is 5.93. The van der Waals surface area contributed by atoms with Crippen LogP contribution < -0.4 is 5.32 Å². The molecular weight excluding hydrogens is 244 g/mol. The molecule has 2 N–H and O–H groups in total. The summed E-state index contributed by atoms with van der Waals surface area (Å²) >= 11 is 0. The van der Waals surface area contributed by atoms with E-state index < -0.39 is 0 Å². The van der Waals surface area contributed by atoms with Crippen LogP contribution in [0.4, 0.5) is 5.69 Å². The maximum atomic E-state index is 11.9. The van der Waals surface area contributed by atoms with E-state index >= 15 is 0 Å². The number of likely N-dealkylation sites (N-methyl/N-ethyl adjacent to an activating group) is 1. The summed E-state index contributed by atoms with van der Waals surface area (Å²) in [5.74, 6) is -0.0627. The van der Waals surface area contributed by atoms with E-state index in [1.54, 1.807) is 11.6 Å². The molecule has 1 aromatic heterocycles. The molecule has 1 unspecified atom stereocenters. The van der Waals surface area contributed by atoms with Crippen molar-refractivity contribution in [3.8, 4) is 0 Å². The fourth-order valence-corrected chi connectivity index (χ4v) is 1.86. The summed E-state index contributed by atoms with van der Waals surface area (Å²) in [5, 5.41) is 16.4. The van der Waals surface area contributed by atoms with Gasteiger partial charge >= 0.3 is 0 Å². The first-order valence-corrected chi connectivity index (χ1v) is 6.48. The zero-order valence-corrected chi connectivity index (χ0v) is 12.4. The van der Waals surface area contributed by atoms with Crippen LogP contribution in [0.3, 0.4) is 0 Å². The van der Waals surface area contributed by atoms with Gasteiger partial charge in [0, 0.05) is 13.6 Å². The average molecular weight is 268 g/mol. The van der Waals surface area contributed by atoms with Crippen LogP contribution in [0, 0.1) is 13.8 Å². The number of anilines is 1. The van der Waals surface area contributed by atoms with Crippen molar-refractivity contribution < 1.29 is 9.90 Å². The maximum absolute atomic E-state index is 11.9. The predicted molar refractivity (Wildman–Crippen MR) is 75.1 cm³/mol. The van der Waals surface area contributed by atoms with Crippen molar-refractivity contribution in [1.82, 2.24) is 14.7 Å². The number of hydrogen-bond donors (Lipinski definition) is 2. The zero-order valence-electron chi connectivity index (χ0n) is 12.4. The molecule has 6 heteroatoms. The van der Waals surface area contributed by atoms with Crippen molar-refractivity contribution in [2.24, 2.45) is 7.05 Å². The molecule has 1 heterocycles. The van der Waals surface area contributed by atoms with Gasteiger partial charge in [-0.25, -0.2) is 0 Å². The molecule has 0 spiro atoms. The summed E-state index contributed by atoms with van der Waals surface area (Å²) in [7, 11) is 3.72. The molecule has 0 aliphatic heterocycles. The normalized spacial score (nSPS) is 12.8. The highest BCUT2D eigenvalue weighted by atomic mass is 16.3. The summed E-state index contributed by atoms with van der Waals surface area (Å²) in [5.41, 5.74) is 2.55. The number of rotatable bonds is 6. The second kappa shape index (κ2) is 6.68. The number of hydrogen-bond acceptors (Lipinski definition) is 4. The first kappa shape index (κ1) is 15.7. The molecule has 1 amide bonds. The standard InChI is InChI=1S/C13H24N4O2/c1-9(18)6-7-16(4)8-12(19)14-13-10(2)15-17(5)11(13)3/h9,18H,6-8H2,1-5H3,(H,14,19). The van der Waals surface area contributed by atoms with Crippen LogP contribution in [0.25, 0.3) is 0 Å². The highest BCUT2D eigenvalue weighted by Crippen LogP contribution is 2.17. The van der Waals surface area contributed by atoms with Crippen LogP contribution in [0.5, 0.6) is 0 Å². The Kier molecular flexibility index (Phi) is 5.50. The van der Waals surface area contributed by atoms with E-state index in [9.17, 15) is 9.90 Å². The van der Waals surface area contributed by atoms with Gasteiger partial charge in [0.15, 0.2) is 0 Å². The third kappa shape index (κ3) is 4.65. The van der Waals surface area contributed by atoms with Gasteiger partial charge in [-0.05, 0) is 34.2 Å². The van der Waals surface area contributed by atoms with Gasteiger partial charge in [0.2, 0.25) is 5.91 Å². The van der Waals surface area contributed by atoms with Gasteiger partial charge in [-0.15, -0.1) is 0 Å². The Bertz CT molecular complexity index is 440. The zero-order chi connectivity index (χ0) is 14.6. The summed E-state index contributed by atoms with van der Waals surface area (Å²) in [6, 6.07) is 0. The van der Waals surface area contributed by atoms with E-state index in [1.807, 2.05) is 32.8 Å². The van der Waals surface area contributed by atoms with Gasteiger partial charge < -0.3 is 10.4 Å². The van der Waals surface area contributed by atoms with Crippen molar-refractivity contribution in [2.45, 2.75) is 33.3 Å². The Morgan fingerprint density at radius 3 is 2.63 bits per heavy atom. The molecule has 0 bridgehead atoms. The molecule has 108 valence electrons. The van der Waals surface area contributed by atoms with Crippen molar-refractivity contribution in [3.63, 3.8) is 0 Å². The molecule has 1 aromatic rings. The van der Waals surface area contributed by atoms with Gasteiger partial charge in [-0.1, -0.05) is 0 Å². The second-order valence-corrected chi connectivity index (χ2v) is 5.09. The monoisotopic (exact) mass is 268 g/mol. The Morgan fingerprint density at radius 2 is 2.16 bits per heavy atom. The van der Waals surface area contributed by atoms with Crippen molar-refractivity contribution >= 4 is 11.6 Å². The Balaban J connectivity index is 2.51. The molecule has 0 aliphatic carbocycles. The number of nitrogens with one attached hydrogen (secondary N) is 1. The van der Waals surface area contributed by atoms with E-state index in [2.05, 4.69) is 10.4 Å². The van der Waals surface area contributed by atoms with E-state index in [1.165, 1.54) is 0 Å². The number of aliphatic hydroxyl groups is 1. The van der Waals surface area contributed by atoms with E-state index in [0.29, 0.717) is 19.5 Å². The van der Waals surface area contributed by atoms with E-state index in [0.717, 1.165) is 17.1 Å². The first-order chi connectivity index (χ1) is 8.81. The minimum atomic E-state index is -0.340. The molecular formula is C13H24N4O2. The van der Waals surface area contributed by atoms with Gasteiger partial charge in [-0.2, -0.15) is 5.10 Å². The fourth-order valence-electron chi connectivity index (χ4n) is 1.86. The maximum Gasteiger partial charge on any atom is 0.238 e. The fraction of sp³-hybridized carbons (Fsp3) is 0.692. The average Bonchev–Trinajstić information content (AvgIpc) is 2.53. The topological polar surface area (TPSA) is 70.4 Å². The lowest BCUT2D eigenvalue weighted by atomic mass is 10.2. The van der Waals surface area contributed by atoms with E-state index in [4.69, 9.17) is 0 Å². The van der Waals surface area contributed by atoms with Crippen LogP contribution in [-0.4, -0.2) is 51.9 Å². The SMILES string of the molecule is Cc1nn(C)c(C)c1NC(=O)CN(C)CCC(C)O. The van der Waals surface area contributed by atoms with Crippen LogP contribution in [0.2, 0.25) is 0 Å². The number of aryl methyl sites for hydroxylation is 2. The quantitative estimate of drug-likeness (QED) is 0.796. The molecule has 1 atom stereocenters. The molecule has 0 aromatic carbocycles. The Morgan fingerprint density at radius 1 is 1.53 bits per heavy atom. The number of nitrogens with zero attached hydrogens (tertiary/aromatic N) is 3. The summed E-state index contributed by atoms with van der Waals surface area (Å²) in [4.78, 5) is 13.8. The molecule has 19 heavy (non-hydrogen) atoms. The summed E-state index contributed by atoms with van der Waals surface area (Å²) < 4.78 is 1.75. The lowest BCUT2D eigenvalue weighted by Crippen LogP contribution is -2.32. The molecule has 0 saturated heterocycles. The summed E-state index contributed by atoms with van der Waals surface area (Å²) in [6.07, 6.45) is 0.322. The predicted octanol–water partition coefficient (Wildman–Crippen LogP) is 0.678. The minimum absolute atomic E-state index is 0.0627. The highest BCUT2D eigenvalue weighted by Gasteiger charge is 2.13. The molecule has 0 radical (unpaired) electrons. The number of carbonyl (C=O) groups is 1. The number of aromatic nitrogens is 2. The molecule has 6 nitrogen and oxygen atoms in total. The van der Waals surface area contributed by atoms with Gasteiger partial charge in [0.05, 0.1) is 29.7 Å². The second-order valence-electron chi connectivity index (χ2n) is 5.09. The number of carbonyl (C=O) groups excluding carboxylic acids is 1. The van der Waals surface area contributed by atoms with Crippen molar-refractivity contribution in [1.29, 1.82) is 0 Å². The van der Waals surface area contributed by atoms with Crippen molar-refractivity contribution in [2.75, 3.05) is 25.5 Å². The molecule has 0 fully saturated rings. The Labute approximate surface area is 114 Å². The van der Waals surface area contributed by atoms with Crippen LogP contribution in [0.15, 0.2) is 0 Å². The first-order valence-electron chi connectivity index (χ1n) is 6.48. The molecule has 1 rings (SSSR count). The van der Waals surface area contributed by atoms with Crippen LogP contribution in [0.1, 0.15) is 24.7 Å². The number of aliphatic hydroxyl groups excluding tert-OH is 1. The lowest BCUT2D eigenvalue weighted by Gasteiger charge is -2.17. The van der Waals surface area contributed by atoms with Gasteiger partial charge in [-0.3, -0.25) is 14.4 Å². The van der Waals surface area contributed by atoms with Crippen molar-refractivity contribution in [3.05, 3.63) is 11.4 Å². The minimum Gasteiger partial charge on any atom is -0.393 e. The van der Waals surface area contributed by atoms with E-state index in [-0.39, 0.29) is 12.0 Å². The molecule has 0 aliphatic rings. The van der Waals surface area contributed by atoms with Crippen LogP contribution >= 0.6 is 0 Å². The largest absolute Gasteiger partial charge is 0.393 e. The third-order valence-electron chi connectivity index (χ3n) is 3.12. The third-order valence-corrected chi connectivity index (χ3v) is 3.12. The van der Waals surface area contributed by atoms with Gasteiger partial charge in [0.25, 0.3) is 0 Å². The molecule has 0 saturated carbocycles. The Hall–Kier alpha value is -1.40. The number of amides is 1. The lowest BCUT2D eigenvalue weighted by molar-refractivity contribution is -0.117. The summed E-state index contributed by atoms with van der Waals surface area (Å²) in [6.45, 7) is 6.54.